The fourth-order valence-electron chi connectivity index (χ4n) is 2.16. The number of hydrazine groups is 1. The minimum absolute atomic E-state index is 0.188. The number of H-pyrrole nitrogens is 1. The van der Waals surface area contributed by atoms with Gasteiger partial charge in [0.15, 0.2) is 6.61 Å². The number of nitrogens with one attached hydrogen (secondary N) is 3. The number of aromatic amines is 1. The van der Waals surface area contributed by atoms with E-state index >= 15 is 0 Å². The molecule has 6 nitrogen and oxygen atoms in total. The van der Waals surface area contributed by atoms with Crippen LogP contribution in [-0.2, 0) is 4.79 Å². The number of hydrogen-bond acceptors (Lipinski definition) is 3. The Morgan fingerprint density at radius 3 is 2.72 bits per heavy atom. The maximum absolute atomic E-state index is 13.2. The molecule has 128 valence electrons. The number of para-hydroxylation sites is 1. The zero-order valence-electron chi connectivity index (χ0n) is 12.8. The Morgan fingerprint density at radius 1 is 1.12 bits per heavy atom. The predicted octanol–water partition coefficient (Wildman–Crippen LogP) is 2.80. The first-order valence-corrected chi connectivity index (χ1v) is 7.65. The van der Waals surface area contributed by atoms with Crippen LogP contribution in [0.15, 0.2) is 48.5 Å². The number of benzene rings is 2. The third kappa shape index (κ3) is 4.07. The van der Waals surface area contributed by atoms with Gasteiger partial charge in [0.25, 0.3) is 11.8 Å². The quantitative estimate of drug-likeness (QED) is 0.625. The molecule has 3 rings (SSSR count). The SMILES string of the molecule is O=C(COc1ccccc1Cl)NNC(=O)c1cc2cc(F)ccc2[nH]1. The molecule has 0 unspecified atom stereocenters. The van der Waals surface area contributed by atoms with Crippen LogP contribution in [0.5, 0.6) is 5.75 Å². The smallest absolute Gasteiger partial charge is 0.286 e. The highest BCUT2D eigenvalue weighted by Gasteiger charge is 2.11. The Balaban J connectivity index is 1.54. The van der Waals surface area contributed by atoms with Crippen LogP contribution in [0.1, 0.15) is 10.5 Å². The van der Waals surface area contributed by atoms with Gasteiger partial charge in [-0.05, 0) is 36.4 Å². The summed E-state index contributed by atoms with van der Waals surface area (Å²) < 4.78 is 18.4. The van der Waals surface area contributed by atoms with E-state index in [1.165, 1.54) is 24.3 Å². The van der Waals surface area contributed by atoms with Crippen molar-refractivity contribution in [1.82, 2.24) is 15.8 Å². The molecule has 1 aromatic heterocycles. The average molecular weight is 362 g/mol. The predicted molar refractivity (Wildman–Crippen MR) is 90.8 cm³/mol. The van der Waals surface area contributed by atoms with Crippen molar-refractivity contribution < 1.29 is 18.7 Å². The molecule has 0 aliphatic carbocycles. The molecule has 2 aromatic carbocycles. The van der Waals surface area contributed by atoms with Crippen LogP contribution in [0.2, 0.25) is 5.02 Å². The largest absolute Gasteiger partial charge is 0.482 e. The third-order valence-corrected chi connectivity index (χ3v) is 3.65. The number of ether oxygens (including phenoxy) is 1. The molecule has 3 N–H and O–H groups in total. The van der Waals surface area contributed by atoms with Gasteiger partial charge in [-0.3, -0.25) is 20.4 Å². The highest BCUT2D eigenvalue weighted by atomic mass is 35.5. The fourth-order valence-corrected chi connectivity index (χ4v) is 2.35. The second-order valence-electron chi connectivity index (χ2n) is 5.14. The van der Waals surface area contributed by atoms with Gasteiger partial charge in [-0.15, -0.1) is 0 Å². The van der Waals surface area contributed by atoms with Crippen LogP contribution >= 0.6 is 11.6 Å². The summed E-state index contributed by atoms with van der Waals surface area (Å²) in [6, 6.07) is 12.3. The van der Waals surface area contributed by atoms with E-state index in [0.717, 1.165) is 0 Å². The Bertz CT molecular complexity index is 942. The molecule has 0 fully saturated rings. The standard InChI is InChI=1S/C17H13ClFN3O3/c18-12-3-1-2-4-15(12)25-9-16(23)21-22-17(24)14-8-10-7-11(19)5-6-13(10)20-14/h1-8,20H,9H2,(H,21,23)(H,22,24). The molecule has 0 spiro atoms. The fraction of sp³-hybridized carbons (Fsp3) is 0.0588. The Labute approximate surface area is 146 Å². The molecule has 0 atom stereocenters. The van der Waals surface area contributed by atoms with E-state index < -0.39 is 17.6 Å². The van der Waals surface area contributed by atoms with E-state index in [-0.39, 0.29) is 12.3 Å². The van der Waals surface area contributed by atoms with Crippen molar-refractivity contribution in [1.29, 1.82) is 0 Å². The van der Waals surface area contributed by atoms with Crippen molar-refractivity contribution in [3.8, 4) is 5.75 Å². The molecule has 0 radical (unpaired) electrons. The summed E-state index contributed by atoms with van der Waals surface area (Å²) in [7, 11) is 0. The summed E-state index contributed by atoms with van der Waals surface area (Å²) in [5.41, 5.74) is 5.27. The number of amides is 2. The minimum atomic E-state index is -0.567. The summed E-state index contributed by atoms with van der Waals surface area (Å²) in [6.07, 6.45) is 0. The van der Waals surface area contributed by atoms with Gasteiger partial charge in [0.1, 0.15) is 17.3 Å². The topological polar surface area (TPSA) is 83.2 Å². The molecule has 0 aliphatic heterocycles. The highest BCUT2D eigenvalue weighted by molar-refractivity contribution is 6.32. The van der Waals surface area contributed by atoms with E-state index in [9.17, 15) is 14.0 Å². The van der Waals surface area contributed by atoms with E-state index in [2.05, 4.69) is 15.8 Å². The molecule has 0 saturated carbocycles. The van der Waals surface area contributed by atoms with E-state index in [0.29, 0.717) is 21.7 Å². The van der Waals surface area contributed by atoms with Crippen molar-refractivity contribution in [2.75, 3.05) is 6.61 Å². The molecule has 0 bridgehead atoms. The number of fused-ring (bicyclic) bond motifs is 1. The van der Waals surface area contributed by atoms with Crippen molar-refractivity contribution in [3.63, 3.8) is 0 Å². The first kappa shape index (κ1) is 16.8. The summed E-state index contributed by atoms with van der Waals surface area (Å²) >= 11 is 5.91. The Kier molecular flexibility index (Phi) is 4.85. The van der Waals surface area contributed by atoms with Crippen molar-refractivity contribution >= 4 is 34.3 Å². The molecular formula is C17H13ClFN3O3. The van der Waals surface area contributed by atoms with Crippen LogP contribution in [0, 0.1) is 5.82 Å². The molecule has 8 heteroatoms. The second kappa shape index (κ2) is 7.23. The summed E-state index contributed by atoms with van der Waals surface area (Å²) in [6.45, 7) is -0.318. The zero-order valence-corrected chi connectivity index (χ0v) is 13.6. The molecule has 0 aliphatic rings. The van der Waals surface area contributed by atoms with Crippen LogP contribution in [0.3, 0.4) is 0 Å². The van der Waals surface area contributed by atoms with Gasteiger partial charge in [-0.25, -0.2) is 4.39 Å². The van der Waals surface area contributed by atoms with E-state index in [1.54, 1.807) is 24.3 Å². The normalized spacial score (nSPS) is 10.5. The molecule has 3 aromatic rings. The lowest BCUT2D eigenvalue weighted by Crippen LogP contribution is -2.43. The molecule has 2 amide bonds. The Hall–Kier alpha value is -3.06. The number of rotatable bonds is 4. The molecule has 25 heavy (non-hydrogen) atoms. The van der Waals surface area contributed by atoms with E-state index in [4.69, 9.17) is 16.3 Å². The van der Waals surface area contributed by atoms with Crippen molar-refractivity contribution in [3.05, 3.63) is 65.1 Å². The van der Waals surface area contributed by atoms with Gasteiger partial charge < -0.3 is 9.72 Å². The lowest BCUT2D eigenvalue weighted by molar-refractivity contribution is -0.123. The van der Waals surface area contributed by atoms with E-state index in [1.807, 2.05) is 0 Å². The summed E-state index contributed by atoms with van der Waals surface area (Å²) in [5, 5.41) is 0.933. The highest BCUT2D eigenvalue weighted by Crippen LogP contribution is 2.22. The maximum Gasteiger partial charge on any atom is 0.286 e. The van der Waals surface area contributed by atoms with Crippen LogP contribution in [0.25, 0.3) is 10.9 Å². The summed E-state index contributed by atoms with van der Waals surface area (Å²) in [4.78, 5) is 26.6. The van der Waals surface area contributed by atoms with Gasteiger partial charge in [0.05, 0.1) is 5.02 Å². The number of hydrogen-bond donors (Lipinski definition) is 3. The van der Waals surface area contributed by atoms with Crippen LogP contribution in [-0.4, -0.2) is 23.4 Å². The van der Waals surface area contributed by atoms with Crippen molar-refractivity contribution in [2.24, 2.45) is 0 Å². The van der Waals surface area contributed by atoms with Gasteiger partial charge in [0.2, 0.25) is 0 Å². The number of halogens is 2. The second-order valence-corrected chi connectivity index (χ2v) is 5.54. The van der Waals surface area contributed by atoms with Crippen LogP contribution in [0.4, 0.5) is 4.39 Å². The number of carbonyl (C=O) groups excluding carboxylic acids is 2. The molecular weight excluding hydrogens is 349 g/mol. The zero-order chi connectivity index (χ0) is 17.8. The number of aromatic nitrogens is 1. The lowest BCUT2D eigenvalue weighted by Gasteiger charge is -2.09. The van der Waals surface area contributed by atoms with Gasteiger partial charge in [-0.1, -0.05) is 23.7 Å². The van der Waals surface area contributed by atoms with Gasteiger partial charge >= 0.3 is 0 Å². The third-order valence-electron chi connectivity index (χ3n) is 3.34. The molecule has 0 saturated heterocycles. The maximum atomic E-state index is 13.2. The average Bonchev–Trinajstić information content (AvgIpc) is 3.02. The summed E-state index contributed by atoms with van der Waals surface area (Å²) in [5.74, 6) is -1.16. The van der Waals surface area contributed by atoms with Gasteiger partial charge in [0, 0.05) is 10.9 Å². The Morgan fingerprint density at radius 2 is 1.92 bits per heavy atom. The lowest BCUT2D eigenvalue weighted by atomic mass is 10.2. The first-order chi connectivity index (χ1) is 12.0. The monoisotopic (exact) mass is 361 g/mol. The van der Waals surface area contributed by atoms with Crippen molar-refractivity contribution in [2.45, 2.75) is 0 Å². The van der Waals surface area contributed by atoms with Crippen LogP contribution < -0.4 is 15.6 Å². The minimum Gasteiger partial charge on any atom is -0.482 e. The molecule has 1 heterocycles. The number of carbonyl (C=O) groups is 2. The first-order valence-electron chi connectivity index (χ1n) is 7.28. The van der Waals surface area contributed by atoms with Gasteiger partial charge in [-0.2, -0.15) is 0 Å².